The molecule has 2 aliphatic rings. The standard InChI is InChI=1S/C29H32N2O4/c32-29(33)16-22-6-8-23(9-7-22)18-30-20-26-17-25(30)21-31(26)19-24-10-12-28(13-11-24)35-15-14-34-27-4-2-1-3-5-27/h1-13,25-26H,14-21H2,(H,32,33)/t25-,26-/m0/s1. The highest BCUT2D eigenvalue weighted by atomic mass is 16.5. The normalized spacial score (nSPS) is 19.7. The number of likely N-dealkylation sites (tertiary alicyclic amines) is 2. The fourth-order valence-corrected chi connectivity index (χ4v) is 5.15. The average molecular weight is 473 g/mol. The van der Waals surface area contributed by atoms with Gasteiger partial charge in [-0.3, -0.25) is 14.6 Å². The Kier molecular flexibility index (Phi) is 7.31. The Morgan fingerprint density at radius 3 is 1.71 bits per heavy atom. The molecule has 2 heterocycles. The van der Waals surface area contributed by atoms with Crippen molar-refractivity contribution in [2.75, 3.05) is 26.3 Å². The molecule has 0 saturated carbocycles. The Morgan fingerprint density at radius 2 is 1.20 bits per heavy atom. The van der Waals surface area contributed by atoms with Gasteiger partial charge in [0.2, 0.25) is 0 Å². The van der Waals surface area contributed by atoms with Gasteiger partial charge in [0.1, 0.15) is 24.7 Å². The highest BCUT2D eigenvalue weighted by molar-refractivity contribution is 5.70. The van der Waals surface area contributed by atoms with Crippen LogP contribution in [-0.4, -0.2) is 59.3 Å². The van der Waals surface area contributed by atoms with E-state index in [-0.39, 0.29) is 6.42 Å². The number of fused-ring (bicyclic) bond motifs is 2. The topological polar surface area (TPSA) is 62.2 Å². The van der Waals surface area contributed by atoms with Crippen LogP contribution in [0.3, 0.4) is 0 Å². The van der Waals surface area contributed by atoms with Crippen LogP contribution in [0.1, 0.15) is 23.1 Å². The highest BCUT2D eigenvalue weighted by Gasteiger charge is 2.42. The van der Waals surface area contributed by atoms with Gasteiger partial charge in [-0.1, -0.05) is 54.6 Å². The van der Waals surface area contributed by atoms with Crippen molar-refractivity contribution in [1.29, 1.82) is 0 Å². The molecule has 6 nitrogen and oxygen atoms in total. The van der Waals surface area contributed by atoms with E-state index in [4.69, 9.17) is 14.6 Å². The van der Waals surface area contributed by atoms with Gasteiger partial charge in [0.05, 0.1) is 6.42 Å². The molecular weight excluding hydrogens is 440 g/mol. The Labute approximate surface area is 206 Å². The second kappa shape index (κ2) is 10.9. The second-order valence-electron chi connectivity index (χ2n) is 9.44. The second-order valence-corrected chi connectivity index (χ2v) is 9.44. The molecule has 2 atom stereocenters. The molecule has 2 fully saturated rings. The van der Waals surface area contributed by atoms with Gasteiger partial charge in [0.15, 0.2) is 0 Å². The number of para-hydroxylation sites is 1. The predicted octanol–water partition coefficient (Wildman–Crippen LogP) is 4.23. The number of rotatable bonds is 11. The molecule has 0 aromatic heterocycles. The molecule has 0 aliphatic carbocycles. The first-order valence-electron chi connectivity index (χ1n) is 12.3. The summed E-state index contributed by atoms with van der Waals surface area (Å²) in [6, 6.07) is 27.4. The first kappa shape index (κ1) is 23.4. The lowest BCUT2D eigenvalue weighted by Gasteiger charge is -2.34. The first-order valence-corrected chi connectivity index (χ1v) is 12.3. The summed E-state index contributed by atoms with van der Waals surface area (Å²) in [4.78, 5) is 16.0. The third kappa shape index (κ3) is 6.21. The molecule has 2 bridgehead atoms. The molecular formula is C29H32N2O4. The van der Waals surface area contributed by atoms with Crippen molar-refractivity contribution >= 4 is 5.97 Å². The molecule has 3 aromatic rings. The maximum Gasteiger partial charge on any atom is 0.307 e. The van der Waals surface area contributed by atoms with Crippen molar-refractivity contribution in [2.45, 2.75) is 38.0 Å². The van der Waals surface area contributed by atoms with Gasteiger partial charge >= 0.3 is 5.97 Å². The minimum atomic E-state index is -0.787. The van der Waals surface area contributed by atoms with Gasteiger partial charge < -0.3 is 14.6 Å². The van der Waals surface area contributed by atoms with E-state index < -0.39 is 5.97 Å². The molecule has 6 heteroatoms. The lowest BCUT2D eigenvalue weighted by molar-refractivity contribution is -0.136. The summed E-state index contributed by atoms with van der Waals surface area (Å²) in [5, 5.41) is 8.94. The van der Waals surface area contributed by atoms with E-state index >= 15 is 0 Å². The molecule has 0 radical (unpaired) electrons. The fraction of sp³-hybridized carbons (Fsp3) is 0.345. The number of benzene rings is 3. The number of piperazine rings is 1. The Bertz CT molecular complexity index is 1100. The number of hydrogen-bond acceptors (Lipinski definition) is 5. The number of carbonyl (C=O) groups is 1. The van der Waals surface area contributed by atoms with E-state index in [2.05, 4.69) is 34.1 Å². The first-order chi connectivity index (χ1) is 17.1. The number of carboxylic acids is 1. The summed E-state index contributed by atoms with van der Waals surface area (Å²) in [6.45, 7) is 5.12. The van der Waals surface area contributed by atoms with Gasteiger partial charge in [-0.05, 0) is 47.4 Å². The molecule has 0 unspecified atom stereocenters. The Hall–Kier alpha value is -3.35. The van der Waals surface area contributed by atoms with Gasteiger partial charge in [-0.25, -0.2) is 0 Å². The molecule has 2 aliphatic heterocycles. The number of ether oxygens (including phenoxy) is 2. The highest BCUT2D eigenvalue weighted by Crippen LogP contribution is 2.33. The minimum absolute atomic E-state index is 0.0828. The molecule has 1 N–H and O–H groups in total. The summed E-state index contributed by atoms with van der Waals surface area (Å²) < 4.78 is 11.5. The quantitative estimate of drug-likeness (QED) is 0.422. The molecule has 5 rings (SSSR count). The molecule has 0 amide bonds. The van der Waals surface area contributed by atoms with Crippen molar-refractivity contribution in [3.8, 4) is 11.5 Å². The van der Waals surface area contributed by atoms with Crippen LogP contribution in [0.2, 0.25) is 0 Å². The molecule has 2 saturated heterocycles. The van der Waals surface area contributed by atoms with Crippen LogP contribution in [0.5, 0.6) is 11.5 Å². The van der Waals surface area contributed by atoms with Crippen molar-refractivity contribution in [3.63, 3.8) is 0 Å². The van der Waals surface area contributed by atoms with Gasteiger partial charge in [-0.2, -0.15) is 0 Å². The van der Waals surface area contributed by atoms with Crippen LogP contribution in [-0.2, 0) is 24.3 Å². The van der Waals surface area contributed by atoms with Crippen molar-refractivity contribution in [3.05, 3.63) is 95.6 Å². The largest absolute Gasteiger partial charge is 0.490 e. The average Bonchev–Trinajstić information content (AvgIpc) is 3.44. The van der Waals surface area contributed by atoms with E-state index in [9.17, 15) is 4.79 Å². The number of hydrogen-bond donors (Lipinski definition) is 1. The lowest BCUT2D eigenvalue weighted by atomic mass is 10.1. The summed E-state index contributed by atoms with van der Waals surface area (Å²) >= 11 is 0. The molecule has 35 heavy (non-hydrogen) atoms. The third-order valence-electron chi connectivity index (χ3n) is 6.90. The Morgan fingerprint density at radius 1 is 0.714 bits per heavy atom. The summed E-state index contributed by atoms with van der Waals surface area (Å²) in [5.74, 6) is 0.942. The number of nitrogens with zero attached hydrogens (tertiary/aromatic N) is 2. The van der Waals surface area contributed by atoms with Crippen LogP contribution in [0, 0.1) is 0 Å². The predicted molar refractivity (Wildman–Crippen MR) is 135 cm³/mol. The van der Waals surface area contributed by atoms with Gasteiger partial charge in [-0.15, -0.1) is 0 Å². The van der Waals surface area contributed by atoms with E-state index in [1.54, 1.807) is 0 Å². The zero-order valence-electron chi connectivity index (χ0n) is 19.9. The maximum absolute atomic E-state index is 10.9. The molecule has 3 aromatic carbocycles. The summed E-state index contributed by atoms with van der Waals surface area (Å²) in [5.41, 5.74) is 3.42. The SMILES string of the molecule is O=C(O)Cc1ccc(CN2C[C@@H]3C[C@H]2CN3Cc2ccc(OCCOc3ccccc3)cc2)cc1. The van der Waals surface area contributed by atoms with Crippen molar-refractivity contribution in [2.24, 2.45) is 0 Å². The smallest absolute Gasteiger partial charge is 0.307 e. The van der Waals surface area contributed by atoms with E-state index in [0.29, 0.717) is 25.3 Å². The zero-order chi connectivity index (χ0) is 24.0. The van der Waals surface area contributed by atoms with Crippen molar-refractivity contribution < 1.29 is 19.4 Å². The zero-order valence-corrected chi connectivity index (χ0v) is 19.9. The monoisotopic (exact) mass is 472 g/mol. The van der Waals surface area contributed by atoms with Crippen LogP contribution in [0.15, 0.2) is 78.9 Å². The van der Waals surface area contributed by atoms with Crippen LogP contribution in [0.4, 0.5) is 0 Å². The van der Waals surface area contributed by atoms with Crippen LogP contribution in [0.25, 0.3) is 0 Å². The fourth-order valence-electron chi connectivity index (χ4n) is 5.15. The number of carboxylic acid groups (broad SMARTS) is 1. The van der Waals surface area contributed by atoms with Gasteiger partial charge in [0, 0.05) is 38.3 Å². The van der Waals surface area contributed by atoms with Gasteiger partial charge in [0.25, 0.3) is 0 Å². The molecule has 182 valence electrons. The maximum atomic E-state index is 10.9. The lowest BCUT2D eigenvalue weighted by Crippen LogP contribution is -2.45. The Balaban J connectivity index is 1.05. The van der Waals surface area contributed by atoms with E-state index in [1.165, 1.54) is 17.5 Å². The van der Waals surface area contributed by atoms with Crippen LogP contribution < -0.4 is 9.47 Å². The van der Waals surface area contributed by atoms with E-state index in [1.807, 2.05) is 54.6 Å². The summed E-state index contributed by atoms with van der Waals surface area (Å²) in [6.07, 6.45) is 1.30. The van der Waals surface area contributed by atoms with Crippen molar-refractivity contribution in [1.82, 2.24) is 9.80 Å². The van der Waals surface area contributed by atoms with Crippen LogP contribution >= 0.6 is 0 Å². The van der Waals surface area contributed by atoms with E-state index in [0.717, 1.165) is 43.2 Å². The molecule has 0 spiro atoms. The summed E-state index contributed by atoms with van der Waals surface area (Å²) in [7, 11) is 0. The minimum Gasteiger partial charge on any atom is -0.490 e. The third-order valence-corrected chi connectivity index (χ3v) is 6.90. The number of aliphatic carboxylic acids is 1.